The van der Waals surface area contributed by atoms with Crippen LogP contribution in [0.1, 0.15) is 5.82 Å². The highest BCUT2D eigenvalue weighted by Crippen LogP contribution is 2.23. The molecule has 14 heavy (non-hydrogen) atoms. The molecule has 0 saturated carbocycles. The van der Waals surface area contributed by atoms with Crippen molar-refractivity contribution >= 4 is 21.4 Å². The fraction of sp³-hybridized carbons (Fsp3) is 0.222. The fourth-order valence-corrected chi connectivity index (χ4v) is 1.94. The normalized spacial score (nSPS) is 11.0. The Morgan fingerprint density at radius 1 is 1.57 bits per heavy atom. The standard InChI is InChI=1S/C9H10BrN3O/c1-11-5-7-12-9(10)6-3-2-4-8(14)13(6)7/h2-4,11,14H,5H2,1H3. The summed E-state index contributed by atoms with van der Waals surface area (Å²) in [6.07, 6.45) is 0. The Kier molecular flexibility index (Phi) is 2.43. The topological polar surface area (TPSA) is 49.6 Å². The van der Waals surface area contributed by atoms with Crippen LogP contribution in [0.4, 0.5) is 0 Å². The number of pyridine rings is 1. The Morgan fingerprint density at radius 3 is 3.07 bits per heavy atom. The molecule has 74 valence electrons. The highest BCUT2D eigenvalue weighted by molar-refractivity contribution is 9.10. The van der Waals surface area contributed by atoms with Crippen LogP contribution in [-0.2, 0) is 6.54 Å². The second kappa shape index (κ2) is 3.59. The molecule has 0 unspecified atom stereocenters. The molecule has 0 atom stereocenters. The zero-order chi connectivity index (χ0) is 10.1. The van der Waals surface area contributed by atoms with Crippen molar-refractivity contribution in [3.05, 3.63) is 28.6 Å². The molecule has 2 N–H and O–H groups in total. The van der Waals surface area contributed by atoms with Gasteiger partial charge in [0.2, 0.25) is 0 Å². The fourth-order valence-electron chi connectivity index (χ4n) is 1.43. The minimum atomic E-state index is 0.200. The second-order valence-electron chi connectivity index (χ2n) is 2.95. The predicted molar refractivity (Wildman–Crippen MR) is 57.3 cm³/mol. The lowest BCUT2D eigenvalue weighted by molar-refractivity contribution is 0.442. The summed E-state index contributed by atoms with van der Waals surface area (Å²) < 4.78 is 2.46. The van der Waals surface area contributed by atoms with Crippen LogP contribution in [-0.4, -0.2) is 21.5 Å². The number of nitrogens with one attached hydrogen (secondary N) is 1. The molecule has 2 aromatic heterocycles. The molecule has 0 saturated heterocycles. The summed E-state index contributed by atoms with van der Waals surface area (Å²) in [6.45, 7) is 0.615. The first kappa shape index (κ1) is 9.48. The highest BCUT2D eigenvalue weighted by Gasteiger charge is 2.10. The van der Waals surface area contributed by atoms with Crippen LogP contribution in [0.2, 0.25) is 0 Å². The molecule has 0 aliphatic rings. The van der Waals surface area contributed by atoms with E-state index in [2.05, 4.69) is 26.2 Å². The Morgan fingerprint density at radius 2 is 2.36 bits per heavy atom. The van der Waals surface area contributed by atoms with Crippen molar-refractivity contribution in [1.29, 1.82) is 0 Å². The zero-order valence-corrected chi connectivity index (χ0v) is 9.24. The maximum Gasteiger partial charge on any atom is 0.197 e. The molecule has 0 bridgehead atoms. The van der Waals surface area contributed by atoms with Crippen molar-refractivity contribution in [2.75, 3.05) is 7.05 Å². The first-order valence-corrected chi connectivity index (χ1v) is 5.02. The van der Waals surface area contributed by atoms with Gasteiger partial charge in [-0.05, 0) is 35.1 Å². The summed E-state index contributed by atoms with van der Waals surface area (Å²) in [7, 11) is 1.84. The first-order chi connectivity index (χ1) is 6.74. The van der Waals surface area contributed by atoms with Gasteiger partial charge in [-0.25, -0.2) is 4.98 Å². The van der Waals surface area contributed by atoms with E-state index in [1.807, 2.05) is 13.1 Å². The number of hydrogen-bond acceptors (Lipinski definition) is 3. The summed E-state index contributed by atoms with van der Waals surface area (Å²) in [5.41, 5.74) is 0.871. The van der Waals surface area contributed by atoms with Crippen LogP contribution < -0.4 is 5.32 Å². The quantitative estimate of drug-likeness (QED) is 0.856. The Hall–Kier alpha value is -1.07. The number of halogens is 1. The molecule has 2 heterocycles. The SMILES string of the molecule is CNCc1nc(Br)c2cccc(O)n12. The van der Waals surface area contributed by atoms with Crippen molar-refractivity contribution in [1.82, 2.24) is 14.7 Å². The van der Waals surface area contributed by atoms with Gasteiger partial charge in [0.15, 0.2) is 5.88 Å². The average molecular weight is 256 g/mol. The van der Waals surface area contributed by atoms with E-state index in [4.69, 9.17) is 0 Å². The van der Waals surface area contributed by atoms with E-state index >= 15 is 0 Å². The Balaban J connectivity index is 2.72. The maximum absolute atomic E-state index is 9.67. The van der Waals surface area contributed by atoms with Crippen LogP contribution in [0, 0.1) is 0 Å². The summed E-state index contributed by atoms with van der Waals surface area (Å²) >= 11 is 3.35. The minimum absolute atomic E-state index is 0.200. The third kappa shape index (κ3) is 1.38. The molecule has 4 nitrogen and oxygen atoms in total. The molecular weight excluding hydrogens is 246 g/mol. The van der Waals surface area contributed by atoms with Crippen LogP contribution in [0.3, 0.4) is 0 Å². The van der Waals surface area contributed by atoms with E-state index in [1.54, 1.807) is 16.5 Å². The molecule has 5 heteroatoms. The number of hydrogen-bond donors (Lipinski definition) is 2. The third-order valence-electron chi connectivity index (χ3n) is 2.00. The van der Waals surface area contributed by atoms with Gasteiger partial charge >= 0.3 is 0 Å². The summed E-state index contributed by atoms with van der Waals surface area (Å²) in [6, 6.07) is 5.33. The van der Waals surface area contributed by atoms with Gasteiger partial charge in [0.25, 0.3) is 0 Å². The molecular formula is C9H10BrN3O. The molecule has 0 aliphatic carbocycles. The van der Waals surface area contributed by atoms with Gasteiger partial charge in [-0.1, -0.05) is 6.07 Å². The summed E-state index contributed by atoms with van der Waals surface area (Å²) in [4.78, 5) is 4.30. The number of fused-ring (bicyclic) bond motifs is 1. The lowest BCUT2D eigenvalue weighted by Crippen LogP contribution is -2.08. The largest absolute Gasteiger partial charge is 0.494 e. The second-order valence-corrected chi connectivity index (χ2v) is 3.70. The third-order valence-corrected chi connectivity index (χ3v) is 2.58. The van der Waals surface area contributed by atoms with E-state index < -0.39 is 0 Å². The van der Waals surface area contributed by atoms with Crippen LogP contribution in [0.5, 0.6) is 5.88 Å². The molecule has 0 fully saturated rings. The van der Waals surface area contributed by atoms with Crippen LogP contribution in [0.15, 0.2) is 22.8 Å². The van der Waals surface area contributed by atoms with Gasteiger partial charge in [-0.15, -0.1) is 0 Å². The molecule has 2 rings (SSSR count). The number of aromatic hydroxyl groups is 1. The predicted octanol–water partition coefficient (Wildman–Crippen LogP) is 1.52. The summed E-state index contributed by atoms with van der Waals surface area (Å²) in [5.74, 6) is 0.985. The van der Waals surface area contributed by atoms with Gasteiger partial charge in [0, 0.05) is 0 Å². The van der Waals surface area contributed by atoms with E-state index in [0.717, 1.165) is 15.9 Å². The van der Waals surface area contributed by atoms with Gasteiger partial charge in [0.1, 0.15) is 10.4 Å². The minimum Gasteiger partial charge on any atom is -0.494 e. The van der Waals surface area contributed by atoms with Crippen molar-refractivity contribution in [3.8, 4) is 5.88 Å². The molecule has 2 aromatic rings. The molecule has 0 aromatic carbocycles. The Bertz CT molecular complexity index is 466. The number of nitrogens with zero attached hydrogens (tertiary/aromatic N) is 2. The number of rotatable bonds is 2. The monoisotopic (exact) mass is 255 g/mol. The molecule has 0 radical (unpaired) electrons. The lowest BCUT2D eigenvalue weighted by atomic mass is 10.4. The zero-order valence-electron chi connectivity index (χ0n) is 7.66. The lowest BCUT2D eigenvalue weighted by Gasteiger charge is -2.02. The van der Waals surface area contributed by atoms with Gasteiger partial charge in [0.05, 0.1) is 12.1 Å². The number of aromatic nitrogens is 2. The summed E-state index contributed by atoms with van der Waals surface area (Å²) in [5, 5.41) is 12.7. The first-order valence-electron chi connectivity index (χ1n) is 4.23. The highest BCUT2D eigenvalue weighted by atomic mass is 79.9. The van der Waals surface area contributed by atoms with E-state index in [1.165, 1.54) is 0 Å². The Labute approximate surface area is 89.7 Å². The van der Waals surface area contributed by atoms with E-state index in [9.17, 15) is 5.11 Å². The smallest absolute Gasteiger partial charge is 0.197 e. The van der Waals surface area contributed by atoms with Crippen molar-refractivity contribution in [3.63, 3.8) is 0 Å². The molecule has 0 spiro atoms. The van der Waals surface area contributed by atoms with Crippen LogP contribution in [0.25, 0.3) is 5.52 Å². The van der Waals surface area contributed by atoms with Gasteiger partial charge in [-0.2, -0.15) is 0 Å². The van der Waals surface area contributed by atoms with Crippen molar-refractivity contribution in [2.45, 2.75) is 6.54 Å². The molecule has 0 amide bonds. The van der Waals surface area contributed by atoms with Gasteiger partial charge < -0.3 is 10.4 Å². The number of imidazole rings is 1. The van der Waals surface area contributed by atoms with E-state index in [-0.39, 0.29) is 5.88 Å². The van der Waals surface area contributed by atoms with Crippen LogP contribution >= 0.6 is 15.9 Å². The van der Waals surface area contributed by atoms with Crippen molar-refractivity contribution in [2.24, 2.45) is 0 Å². The average Bonchev–Trinajstić information content (AvgIpc) is 2.46. The van der Waals surface area contributed by atoms with Crippen molar-refractivity contribution < 1.29 is 5.11 Å². The van der Waals surface area contributed by atoms with Gasteiger partial charge in [-0.3, -0.25) is 4.40 Å². The maximum atomic E-state index is 9.67. The van der Waals surface area contributed by atoms with E-state index in [0.29, 0.717) is 6.54 Å². The molecule has 0 aliphatic heterocycles.